The van der Waals surface area contributed by atoms with Crippen LogP contribution in [0.3, 0.4) is 0 Å². The van der Waals surface area contributed by atoms with Crippen molar-refractivity contribution in [3.8, 4) is 0 Å². The van der Waals surface area contributed by atoms with E-state index < -0.39 is 0 Å². The Bertz CT molecular complexity index is 107. The Morgan fingerprint density at radius 2 is 1.08 bits per heavy atom. The van der Waals surface area contributed by atoms with Crippen molar-refractivity contribution in [3.05, 3.63) is 0 Å². The molecule has 70 valence electrons. The highest BCUT2D eigenvalue weighted by Crippen LogP contribution is 1.95. The summed E-state index contributed by atoms with van der Waals surface area (Å²) in [5.41, 5.74) is 0. The molecule has 4 heteroatoms. The third kappa shape index (κ3) is 105. The largest absolute Gasteiger partial charge is 0.248 e. The fourth-order valence-electron chi connectivity index (χ4n) is 0.500. The van der Waals surface area contributed by atoms with Crippen molar-refractivity contribution in [2.75, 3.05) is 0 Å². The first kappa shape index (κ1) is 17.6. The third-order valence-electron chi connectivity index (χ3n) is 0.957. The van der Waals surface area contributed by atoms with Gasteiger partial charge in [-0.1, -0.05) is 39.5 Å². The maximum Gasteiger partial charge on any atom is 0.0554 e. The molecule has 0 saturated carbocycles. The van der Waals surface area contributed by atoms with Crippen LogP contribution in [0.25, 0.3) is 0 Å². The topological polar surface area (TPSA) is 47.7 Å². The summed E-state index contributed by atoms with van der Waals surface area (Å²) in [6.45, 7) is 4.46. The summed E-state index contributed by atoms with van der Waals surface area (Å²) in [5, 5.41) is 14.7. The lowest BCUT2D eigenvalue weighted by Gasteiger charge is -1.86. The standard InChI is InChI=1S/C6H14.2CHNS/c1-3-5-6-4-2;2*2-1-3/h3-6H2,1-2H3;2*2H. The SMILES string of the molecule is CCCCCC.N=C=S.N=C=S. The highest BCUT2D eigenvalue weighted by molar-refractivity contribution is 7.78. The van der Waals surface area contributed by atoms with Crippen LogP contribution >= 0.6 is 24.4 Å². The van der Waals surface area contributed by atoms with E-state index in [0.29, 0.717) is 0 Å². The van der Waals surface area contributed by atoms with Crippen LogP contribution in [0.1, 0.15) is 39.5 Å². The van der Waals surface area contributed by atoms with Crippen LogP contribution in [0.2, 0.25) is 0 Å². The molecule has 0 bridgehead atoms. The van der Waals surface area contributed by atoms with Gasteiger partial charge in [0.25, 0.3) is 0 Å². The minimum Gasteiger partial charge on any atom is -0.248 e. The molecule has 0 aliphatic rings. The Hall–Kier alpha value is -0.400. The molecule has 2 N–H and O–H groups in total. The third-order valence-corrected chi connectivity index (χ3v) is 0.957. The average molecular weight is 204 g/mol. The lowest BCUT2D eigenvalue weighted by atomic mass is 10.2. The van der Waals surface area contributed by atoms with E-state index in [1.54, 1.807) is 10.3 Å². The van der Waals surface area contributed by atoms with Gasteiger partial charge >= 0.3 is 0 Å². The van der Waals surface area contributed by atoms with Crippen LogP contribution < -0.4 is 0 Å². The summed E-state index contributed by atoms with van der Waals surface area (Å²) in [6, 6.07) is 0. The van der Waals surface area contributed by atoms with Crippen LogP contribution in [0.5, 0.6) is 0 Å². The number of unbranched alkanes of at least 4 members (excludes halogenated alkanes) is 3. The molecule has 0 unspecified atom stereocenters. The summed E-state index contributed by atoms with van der Waals surface area (Å²) in [5.74, 6) is 0. The fraction of sp³-hybridized carbons (Fsp3) is 0.750. The maximum absolute atomic E-state index is 5.77. The van der Waals surface area contributed by atoms with E-state index in [1.807, 2.05) is 0 Å². The lowest BCUT2D eigenvalue weighted by molar-refractivity contribution is 0.702. The van der Waals surface area contributed by atoms with Crippen molar-refractivity contribution in [2.24, 2.45) is 0 Å². The summed E-state index contributed by atoms with van der Waals surface area (Å²) < 4.78 is 0. The molecule has 0 rings (SSSR count). The Morgan fingerprint density at radius 3 is 1.17 bits per heavy atom. The van der Waals surface area contributed by atoms with Crippen molar-refractivity contribution in [1.82, 2.24) is 0 Å². The molecule has 0 saturated heterocycles. The average Bonchev–Trinajstić information content (AvgIpc) is 2.04. The zero-order valence-corrected chi connectivity index (χ0v) is 9.28. The quantitative estimate of drug-likeness (QED) is 0.416. The first-order chi connectivity index (χ1) is 5.74. The molecule has 2 nitrogen and oxygen atoms in total. The molecule has 0 radical (unpaired) electrons. The van der Waals surface area contributed by atoms with Crippen molar-refractivity contribution >= 4 is 34.8 Å². The molecule has 0 atom stereocenters. The van der Waals surface area contributed by atoms with Gasteiger partial charge in [0.05, 0.1) is 10.3 Å². The van der Waals surface area contributed by atoms with E-state index in [4.69, 9.17) is 10.8 Å². The van der Waals surface area contributed by atoms with Gasteiger partial charge in [0.15, 0.2) is 0 Å². The number of thiocarbonyl (C=S) groups is 2. The second-order valence-electron chi connectivity index (χ2n) is 1.91. The van der Waals surface area contributed by atoms with E-state index in [2.05, 4.69) is 38.3 Å². The summed E-state index contributed by atoms with van der Waals surface area (Å²) >= 11 is 7.62. The zero-order valence-electron chi connectivity index (χ0n) is 7.64. The second-order valence-corrected chi connectivity index (χ2v) is 2.32. The molecule has 0 fully saturated rings. The number of hydrogen-bond acceptors (Lipinski definition) is 4. The molecule has 0 spiro atoms. The molecule has 0 amide bonds. The minimum atomic E-state index is 1.36. The van der Waals surface area contributed by atoms with Gasteiger partial charge in [-0.05, 0) is 24.4 Å². The van der Waals surface area contributed by atoms with Gasteiger partial charge in [0, 0.05) is 0 Å². The maximum atomic E-state index is 5.77. The summed E-state index contributed by atoms with van der Waals surface area (Å²) in [4.78, 5) is 0. The van der Waals surface area contributed by atoms with Gasteiger partial charge in [-0.3, -0.25) is 0 Å². The molecule has 0 aliphatic carbocycles. The number of rotatable bonds is 3. The molecule has 0 aromatic rings. The molecule has 12 heavy (non-hydrogen) atoms. The van der Waals surface area contributed by atoms with E-state index in [-0.39, 0.29) is 0 Å². The Morgan fingerprint density at radius 1 is 0.917 bits per heavy atom. The van der Waals surface area contributed by atoms with Crippen molar-refractivity contribution in [2.45, 2.75) is 39.5 Å². The van der Waals surface area contributed by atoms with Crippen molar-refractivity contribution in [3.63, 3.8) is 0 Å². The smallest absolute Gasteiger partial charge is 0.0554 e. The Labute approximate surface area is 85.4 Å². The normalized spacial score (nSPS) is 5.83. The second kappa shape index (κ2) is 31.2. The van der Waals surface area contributed by atoms with Crippen LogP contribution in [0.15, 0.2) is 0 Å². The molecular weight excluding hydrogens is 188 g/mol. The van der Waals surface area contributed by atoms with Crippen LogP contribution in [-0.4, -0.2) is 10.3 Å². The predicted molar refractivity (Wildman–Crippen MR) is 60.5 cm³/mol. The zero-order chi connectivity index (χ0) is 10.2. The van der Waals surface area contributed by atoms with Gasteiger partial charge in [-0.2, -0.15) is 0 Å². The molecule has 0 aromatic carbocycles. The monoisotopic (exact) mass is 204 g/mol. The van der Waals surface area contributed by atoms with Crippen LogP contribution in [0.4, 0.5) is 0 Å². The van der Waals surface area contributed by atoms with E-state index in [0.717, 1.165) is 0 Å². The highest BCUT2D eigenvalue weighted by atomic mass is 32.1. The predicted octanol–water partition coefficient (Wildman–Crippen LogP) is 3.92. The molecule has 0 aliphatic heterocycles. The number of nitrogens with one attached hydrogen (secondary N) is 2. The molecular formula is C8H16N2S2. The first-order valence-electron chi connectivity index (χ1n) is 3.82. The molecule has 0 aromatic heterocycles. The van der Waals surface area contributed by atoms with E-state index >= 15 is 0 Å². The van der Waals surface area contributed by atoms with Gasteiger partial charge < -0.3 is 0 Å². The van der Waals surface area contributed by atoms with E-state index in [9.17, 15) is 0 Å². The first-order valence-corrected chi connectivity index (χ1v) is 4.64. The van der Waals surface area contributed by atoms with Crippen LogP contribution in [0, 0.1) is 10.8 Å². The Balaban J connectivity index is -0.000000115. The van der Waals surface area contributed by atoms with Gasteiger partial charge in [0.2, 0.25) is 0 Å². The summed E-state index contributed by atoms with van der Waals surface area (Å²) in [6.07, 6.45) is 5.54. The van der Waals surface area contributed by atoms with Gasteiger partial charge in [-0.25, -0.2) is 10.8 Å². The highest BCUT2D eigenvalue weighted by Gasteiger charge is 1.75. The summed E-state index contributed by atoms with van der Waals surface area (Å²) in [7, 11) is 0. The van der Waals surface area contributed by atoms with Crippen molar-refractivity contribution < 1.29 is 0 Å². The van der Waals surface area contributed by atoms with Crippen LogP contribution in [-0.2, 0) is 0 Å². The van der Waals surface area contributed by atoms with E-state index in [1.165, 1.54) is 25.7 Å². The van der Waals surface area contributed by atoms with Crippen molar-refractivity contribution in [1.29, 1.82) is 10.8 Å². The fourth-order valence-corrected chi connectivity index (χ4v) is 0.500. The lowest BCUT2D eigenvalue weighted by Crippen LogP contribution is -1.66. The Kier molecular flexibility index (Phi) is 45.7. The molecule has 0 heterocycles. The number of hydrogen-bond donors (Lipinski definition) is 2. The minimum absolute atomic E-state index is 1.36. The number of isothiocyanates is 2. The van der Waals surface area contributed by atoms with Gasteiger partial charge in [-0.15, -0.1) is 0 Å². The van der Waals surface area contributed by atoms with Gasteiger partial charge in [0.1, 0.15) is 0 Å².